The van der Waals surface area contributed by atoms with Crippen LogP contribution in [0, 0.1) is 12.7 Å². The fraction of sp³-hybridized carbons (Fsp3) is 0.188. The van der Waals surface area contributed by atoms with Crippen LogP contribution in [0.25, 0.3) is 0 Å². The maximum Gasteiger partial charge on any atom is 0.150 e. The van der Waals surface area contributed by atoms with Crippen LogP contribution in [0.2, 0.25) is 0 Å². The van der Waals surface area contributed by atoms with Gasteiger partial charge in [-0.3, -0.25) is 4.79 Å². The molecule has 3 heteroatoms. The lowest BCUT2D eigenvalue weighted by molar-refractivity contribution is 0.112. The van der Waals surface area contributed by atoms with Gasteiger partial charge in [-0.2, -0.15) is 0 Å². The molecule has 0 heterocycles. The third-order valence-electron chi connectivity index (χ3n) is 3.08. The number of carbonyl (C=O) groups is 1. The van der Waals surface area contributed by atoms with Crippen LogP contribution in [0.15, 0.2) is 42.5 Å². The van der Waals surface area contributed by atoms with Gasteiger partial charge in [0.1, 0.15) is 12.1 Å². The summed E-state index contributed by atoms with van der Waals surface area (Å²) in [4.78, 5) is 12.8. The van der Waals surface area contributed by atoms with Crippen LogP contribution in [0.3, 0.4) is 0 Å². The summed E-state index contributed by atoms with van der Waals surface area (Å²) in [7, 11) is 0. The lowest BCUT2D eigenvalue weighted by Gasteiger charge is -2.25. The van der Waals surface area contributed by atoms with Crippen LogP contribution in [0.1, 0.15) is 22.8 Å². The molecule has 0 aromatic heterocycles. The Morgan fingerprint density at radius 3 is 2.58 bits per heavy atom. The standard InChI is InChI=1S/C16H16FNO/c1-3-18(15-6-4-5-14(17)10-15)16-8-7-13(11-19)9-12(16)2/h4-11H,3H2,1-2H3. The minimum atomic E-state index is -0.252. The Morgan fingerprint density at radius 1 is 1.21 bits per heavy atom. The number of hydrogen-bond donors (Lipinski definition) is 0. The monoisotopic (exact) mass is 257 g/mol. The molecule has 0 aliphatic heterocycles. The Labute approximate surface area is 112 Å². The van der Waals surface area contributed by atoms with E-state index in [4.69, 9.17) is 0 Å². The van der Waals surface area contributed by atoms with Gasteiger partial charge in [0, 0.05) is 23.5 Å². The summed E-state index contributed by atoms with van der Waals surface area (Å²) in [6.45, 7) is 4.69. The Hall–Kier alpha value is -2.16. The van der Waals surface area contributed by atoms with E-state index in [1.807, 2.05) is 36.9 Å². The number of aldehydes is 1. The zero-order valence-electron chi connectivity index (χ0n) is 11.1. The van der Waals surface area contributed by atoms with Gasteiger partial charge in [-0.15, -0.1) is 0 Å². The summed E-state index contributed by atoms with van der Waals surface area (Å²) >= 11 is 0. The van der Waals surface area contributed by atoms with Crippen molar-refractivity contribution in [3.63, 3.8) is 0 Å². The third kappa shape index (κ3) is 2.81. The molecule has 0 radical (unpaired) electrons. The molecule has 0 saturated carbocycles. The molecule has 0 atom stereocenters. The van der Waals surface area contributed by atoms with E-state index in [2.05, 4.69) is 0 Å². The van der Waals surface area contributed by atoms with Crippen molar-refractivity contribution in [2.75, 3.05) is 11.4 Å². The van der Waals surface area contributed by atoms with Gasteiger partial charge in [0.05, 0.1) is 0 Å². The van der Waals surface area contributed by atoms with E-state index in [0.29, 0.717) is 5.56 Å². The molecule has 0 amide bonds. The molecule has 0 aliphatic rings. The molecule has 0 fully saturated rings. The first-order valence-corrected chi connectivity index (χ1v) is 6.24. The molecule has 19 heavy (non-hydrogen) atoms. The molecule has 0 bridgehead atoms. The Morgan fingerprint density at radius 2 is 2.00 bits per heavy atom. The van der Waals surface area contributed by atoms with Crippen LogP contribution in [-0.2, 0) is 0 Å². The summed E-state index contributed by atoms with van der Waals surface area (Å²) in [5, 5.41) is 0. The van der Waals surface area contributed by atoms with Gasteiger partial charge in [0.2, 0.25) is 0 Å². The second-order valence-electron chi connectivity index (χ2n) is 4.39. The summed E-state index contributed by atoms with van der Waals surface area (Å²) in [6, 6.07) is 12.0. The number of aryl methyl sites for hydroxylation is 1. The number of carbonyl (C=O) groups excluding carboxylic acids is 1. The quantitative estimate of drug-likeness (QED) is 0.768. The molecule has 2 aromatic carbocycles. The Kier molecular flexibility index (Phi) is 3.95. The second kappa shape index (κ2) is 5.65. The van der Waals surface area contributed by atoms with Gasteiger partial charge in [-0.25, -0.2) is 4.39 Å². The molecular formula is C16H16FNO. The molecule has 2 rings (SSSR count). The van der Waals surface area contributed by atoms with Crippen LogP contribution in [0.4, 0.5) is 15.8 Å². The van der Waals surface area contributed by atoms with E-state index < -0.39 is 0 Å². The molecule has 2 aromatic rings. The molecule has 0 N–H and O–H groups in total. The van der Waals surface area contributed by atoms with E-state index in [1.165, 1.54) is 12.1 Å². The first-order chi connectivity index (χ1) is 9.15. The van der Waals surface area contributed by atoms with Crippen molar-refractivity contribution in [2.45, 2.75) is 13.8 Å². The van der Waals surface area contributed by atoms with Crippen molar-refractivity contribution >= 4 is 17.7 Å². The van der Waals surface area contributed by atoms with Crippen molar-refractivity contribution in [1.82, 2.24) is 0 Å². The van der Waals surface area contributed by atoms with E-state index in [1.54, 1.807) is 12.1 Å². The first kappa shape index (κ1) is 13.3. The normalized spacial score (nSPS) is 10.3. The average Bonchev–Trinajstić information content (AvgIpc) is 2.41. The minimum absolute atomic E-state index is 0.252. The molecule has 0 saturated heterocycles. The van der Waals surface area contributed by atoms with Gasteiger partial charge in [-0.05, 0) is 55.8 Å². The lowest BCUT2D eigenvalue weighted by Crippen LogP contribution is -2.17. The maximum atomic E-state index is 13.3. The van der Waals surface area contributed by atoms with E-state index >= 15 is 0 Å². The maximum absolute atomic E-state index is 13.3. The SMILES string of the molecule is CCN(c1cccc(F)c1)c1ccc(C=O)cc1C. The average molecular weight is 257 g/mol. The summed E-state index contributed by atoms with van der Waals surface area (Å²) in [5.41, 5.74) is 3.44. The van der Waals surface area contributed by atoms with Crippen LogP contribution in [0.5, 0.6) is 0 Å². The van der Waals surface area contributed by atoms with E-state index in [9.17, 15) is 9.18 Å². The van der Waals surface area contributed by atoms with Gasteiger partial charge >= 0.3 is 0 Å². The molecule has 2 nitrogen and oxygen atoms in total. The Balaban J connectivity index is 2.45. The number of rotatable bonds is 4. The number of anilines is 2. The number of halogens is 1. The van der Waals surface area contributed by atoms with Crippen LogP contribution < -0.4 is 4.90 Å². The van der Waals surface area contributed by atoms with Gasteiger partial charge in [0.25, 0.3) is 0 Å². The molecule has 98 valence electrons. The summed E-state index contributed by atoms with van der Waals surface area (Å²) in [5.74, 6) is -0.252. The summed E-state index contributed by atoms with van der Waals surface area (Å²) in [6.07, 6.45) is 0.829. The molecule has 0 aliphatic carbocycles. The molecule has 0 unspecified atom stereocenters. The zero-order valence-corrected chi connectivity index (χ0v) is 11.1. The zero-order chi connectivity index (χ0) is 13.8. The number of nitrogens with zero attached hydrogens (tertiary/aromatic N) is 1. The fourth-order valence-electron chi connectivity index (χ4n) is 2.19. The van der Waals surface area contributed by atoms with E-state index in [-0.39, 0.29) is 5.82 Å². The Bertz CT molecular complexity index is 595. The number of benzene rings is 2. The predicted molar refractivity (Wildman–Crippen MR) is 75.6 cm³/mol. The largest absolute Gasteiger partial charge is 0.341 e. The molecule has 0 spiro atoms. The third-order valence-corrected chi connectivity index (χ3v) is 3.08. The van der Waals surface area contributed by atoms with Crippen molar-refractivity contribution < 1.29 is 9.18 Å². The minimum Gasteiger partial charge on any atom is -0.341 e. The van der Waals surface area contributed by atoms with Crippen molar-refractivity contribution in [1.29, 1.82) is 0 Å². The lowest BCUT2D eigenvalue weighted by atomic mass is 10.1. The highest BCUT2D eigenvalue weighted by Gasteiger charge is 2.10. The van der Waals surface area contributed by atoms with Crippen molar-refractivity contribution in [3.05, 3.63) is 59.4 Å². The predicted octanol–water partition coefficient (Wildman–Crippen LogP) is 4.10. The smallest absolute Gasteiger partial charge is 0.150 e. The van der Waals surface area contributed by atoms with Crippen LogP contribution in [-0.4, -0.2) is 12.8 Å². The van der Waals surface area contributed by atoms with E-state index in [0.717, 1.165) is 29.8 Å². The second-order valence-corrected chi connectivity index (χ2v) is 4.39. The van der Waals surface area contributed by atoms with Crippen LogP contribution >= 0.6 is 0 Å². The highest BCUT2D eigenvalue weighted by atomic mass is 19.1. The van der Waals surface area contributed by atoms with Crippen molar-refractivity contribution in [2.24, 2.45) is 0 Å². The first-order valence-electron chi connectivity index (χ1n) is 6.24. The topological polar surface area (TPSA) is 20.3 Å². The fourth-order valence-corrected chi connectivity index (χ4v) is 2.19. The molecular weight excluding hydrogens is 241 g/mol. The van der Waals surface area contributed by atoms with Crippen molar-refractivity contribution in [3.8, 4) is 0 Å². The number of hydrogen-bond acceptors (Lipinski definition) is 2. The van der Waals surface area contributed by atoms with Gasteiger partial charge in [0.15, 0.2) is 0 Å². The highest BCUT2D eigenvalue weighted by molar-refractivity contribution is 5.78. The van der Waals surface area contributed by atoms with Gasteiger partial charge < -0.3 is 4.90 Å². The summed E-state index contributed by atoms with van der Waals surface area (Å²) < 4.78 is 13.3. The highest BCUT2D eigenvalue weighted by Crippen LogP contribution is 2.28. The van der Waals surface area contributed by atoms with Gasteiger partial charge in [-0.1, -0.05) is 6.07 Å².